The number of nitrogens with zero attached hydrogens (tertiary/aromatic N) is 3. The Balaban J connectivity index is 1.78. The zero-order valence-electron chi connectivity index (χ0n) is 20.8. The van der Waals surface area contributed by atoms with Gasteiger partial charge in [0.2, 0.25) is 0 Å². The maximum absolute atomic E-state index is 13.3. The first kappa shape index (κ1) is 26.1. The van der Waals surface area contributed by atoms with E-state index in [1.807, 2.05) is 17.7 Å². The van der Waals surface area contributed by atoms with E-state index in [1.54, 1.807) is 42.9 Å². The first-order chi connectivity index (χ1) is 17.9. The molecule has 1 aliphatic rings. The normalized spacial score (nSPS) is 16.8. The fourth-order valence-corrected chi connectivity index (χ4v) is 4.63. The van der Waals surface area contributed by atoms with E-state index in [-0.39, 0.29) is 22.9 Å². The number of imidazole rings is 1. The van der Waals surface area contributed by atoms with Crippen LogP contribution in [0, 0.1) is 0 Å². The van der Waals surface area contributed by atoms with Crippen LogP contribution in [0.5, 0.6) is 17.2 Å². The van der Waals surface area contributed by atoms with E-state index in [9.17, 15) is 14.7 Å². The number of ether oxygens (including phenoxy) is 3. The van der Waals surface area contributed by atoms with Crippen molar-refractivity contribution in [3.63, 3.8) is 0 Å². The minimum absolute atomic E-state index is 0.0277. The second-order valence-electron chi connectivity index (χ2n) is 8.34. The molecule has 1 fully saturated rings. The van der Waals surface area contributed by atoms with Crippen molar-refractivity contribution < 1.29 is 28.9 Å². The van der Waals surface area contributed by atoms with Crippen molar-refractivity contribution in [3.05, 3.63) is 76.8 Å². The quantitative estimate of drug-likeness (QED) is 0.237. The number of halogens is 1. The lowest BCUT2D eigenvalue weighted by molar-refractivity contribution is -0.139. The van der Waals surface area contributed by atoms with Gasteiger partial charge in [-0.15, -0.1) is 0 Å². The lowest BCUT2D eigenvalue weighted by atomic mass is 9.95. The standard InChI is InChI=1S/C27H28ClN3O6/c1-4-37-20-8-7-18(14-19(20)28)25(32)23-24(17-6-9-21(35-2)22(15-17)36-3)31(27(34)26(23)33)12-5-11-30-13-10-29-16-30/h6-10,13-16,24,32H,4-5,11-12H2,1-3H3/b25-23+/t24-/m1/s1. The maximum atomic E-state index is 13.3. The van der Waals surface area contributed by atoms with Crippen molar-refractivity contribution in [2.24, 2.45) is 0 Å². The smallest absolute Gasteiger partial charge is 0.295 e. The molecule has 4 rings (SSSR count). The van der Waals surface area contributed by atoms with Crippen LogP contribution in [0.25, 0.3) is 5.76 Å². The van der Waals surface area contributed by atoms with Gasteiger partial charge in [0.1, 0.15) is 11.5 Å². The molecule has 0 saturated carbocycles. The molecule has 3 aromatic rings. The Morgan fingerprint density at radius 1 is 1.05 bits per heavy atom. The molecular formula is C27H28ClN3O6. The van der Waals surface area contributed by atoms with Crippen LogP contribution in [0.3, 0.4) is 0 Å². The van der Waals surface area contributed by atoms with Gasteiger partial charge in [0, 0.05) is 31.0 Å². The molecule has 2 aromatic carbocycles. The van der Waals surface area contributed by atoms with Crippen molar-refractivity contribution in [2.75, 3.05) is 27.4 Å². The van der Waals surface area contributed by atoms with Gasteiger partial charge < -0.3 is 28.8 Å². The Bertz CT molecular complexity index is 1320. The Morgan fingerprint density at radius 3 is 2.46 bits per heavy atom. The van der Waals surface area contributed by atoms with Gasteiger partial charge in [-0.2, -0.15) is 0 Å². The van der Waals surface area contributed by atoms with Crippen molar-refractivity contribution in [3.8, 4) is 17.2 Å². The number of aliphatic hydroxyl groups is 1. The molecule has 0 bridgehead atoms. The highest BCUT2D eigenvalue weighted by Gasteiger charge is 2.46. The van der Waals surface area contributed by atoms with Gasteiger partial charge in [-0.25, -0.2) is 4.98 Å². The Kier molecular flexibility index (Phi) is 8.03. The summed E-state index contributed by atoms with van der Waals surface area (Å²) in [5.74, 6) is -0.388. The number of rotatable bonds is 10. The highest BCUT2D eigenvalue weighted by molar-refractivity contribution is 6.46. The number of aliphatic hydroxyl groups excluding tert-OH is 1. The molecule has 1 aromatic heterocycles. The molecule has 1 saturated heterocycles. The second kappa shape index (κ2) is 11.4. The summed E-state index contributed by atoms with van der Waals surface area (Å²) in [7, 11) is 3.03. The van der Waals surface area contributed by atoms with Crippen LogP contribution in [-0.4, -0.2) is 58.6 Å². The molecule has 0 spiro atoms. The molecule has 1 N–H and O–H groups in total. The van der Waals surface area contributed by atoms with E-state index in [4.69, 9.17) is 25.8 Å². The van der Waals surface area contributed by atoms with Crippen LogP contribution >= 0.6 is 11.6 Å². The Morgan fingerprint density at radius 2 is 1.81 bits per heavy atom. The van der Waals surface area contributed by atoms with Crippen LogP contribution in [0.4, 0.5) is 0 Å². The van der Waals surface area contributed by atoms with Gasteiger partial charge in [-0.3, -0.25) is 9.59 Å². The molecule has 1 amide bonds. The largest absolute Gasteiger partial charge is 0.507 e. The summed E-state index contributed by atoms with van der Waals surface area (Å²) in [6.45, 7) is 3.15. The SMILES string of the molecule is CCOc1ccc(/C(O)=C2\C(=O)C(=O)N(CCCn3ccnc3)[C@@H]2c2ccc(OC)c(OC)c2)cc1Cl. The molecule has 2 heterocycles. The fraction of sp³-hybridized carbons (Fsp3) is 0.296. The van der Waals surface area contributed by atoms with Crippen molar-refractivity contribution in [1.29, 1.82) is 0 Å². The molecule has 0 radical (unpaired) electrons. The van der Waals surface area contributed by atoms with Crippen molar-refractivity contribution in [2.45, 2.75) is 25.9 Å². The summed E-state index contributed by atoms with van der Waals surface area (Å²) in [4.78, 5) is 32.0. The summed E-state index contributed by atoms with van der Waals surface area (Å²) in [5, 5.41) is 11.6. The van der Waals surface area contributed by atoms with Crippen LogP contribution in [0.1, 0.15) is 30.5 Å². The third kappa shape index (κ3) is 5.27. The third-order valence-electron chi connectivity index (χ3n) is 6.14. The zero-order chi connectivity index (χ0) is 26.5. The number of carbonyl (C=O) groups excluding carboxylic acids is 2. The second-order valence-corrected chi connectivity index (χ2v) is 8.75. The van der Waals surface area contributed by atoms with Gasteiger partial charge in [-0.1, -0.05) is 17.7 Å². The van der Waals surface area contributed by atoms with Crippen LogP contribution in [0.15, 0.2) is 60.7 Å². The molecular weight excluding hydrogens is 498 g/mol. The van der Waals surface area contributed by atoms with Crippen LogP contribution in [-0.2, 0) is 16.1 Å². The van der Waals surface area contributed by atoms with Gasteiger partial charge in [0.05, 0.1) is 43.8 Å². The molecule has 194 valence electrons. The number of hydrogen-bond donors (Lipinski definition) is 1. The van der Waals surface area contributed by atoms with E-state index >= 15 is 0 Å². The summed E-state index contributed by atoms with van der Waals surface area (Å²) >= 11 is 6.34. The fourth-order valence-electron chi connectivity index (χ4n) is 4.40. The average molecular weight is 526 g/mol. The summed E-state index contributed by atoms with van der Waals surface area (Å²) < 4.78 is 18.2. The molecule has 9 nitrogen and oxygen atoms in total. The summed E-state index contributed by atoms with van der Waals surface area (Å²) in [6, 6.07) is 9.05. The first-order valence-electron chi connectivity index (χ1n) is 11.8. The topological polar surface area (TPSA) is 103 Å². The van der Waals surface area contributed by atoms with Gasteiger partial charge in [0.15, 0.2) is 11.5 Å². The minimum atomic E-state index is -0.840. The molecule has 1 atom stereocenters. The monoisotopic (exact) mass is 525 g/mol. The molecule has 10 heteroatoms. The Hall–Kier alpha value is -3.98. The van der Waals surface area contributed by atoms with E-state index in [1.165, 1.54) is 25.2 Å². The number of likely N-dealkylation sites (tertiary alicyclic amines) is 1. The predicted octanol–water partition coefficient (Wildman–Crippen LogP) is 4.46. The highest BCUT2D eigenvalue weighted by atomic mass is 35.5. The minimum Gasteiger partial charge on any atom is -0.507 e. The zero-order valence-corrected chi connectivity index (χ0v) is 21.6. The number of hydrogen-bond acceptors (Lipinski definition) is 7. The van der Waals surface area contributed by atoms with E-state index in [0.29, 0.717) is 47.9 Å². The van der Waals surface area contributed by atoms with Gasteiger partial charge in [-0.05, 0) is 49.2 Å². The Labute approximate surface area is 219 Å². The van der Waals surface area contributed by atoms with Crippen molar-refractivity contribution in [1.82, 2.24) is 14.5 Å². The number of amides is 1. The molecule has 0 aliphatic carbocycles. The van der Waals surface area contributed by atoms with Crippen LogP contribution in [0.2, 0.25) is 5.02 Å². The summed E-state index contributed by atoms with van der Waals surface area (Å²) in [6.07, 6.45) is 5.77. The number of benzene rings is 2. The predicted molar refractivity (Wildman–Crippen MR) is 138 cm³/mol. The van der Waals surface area contributed by atoms with Crippen molar-refractivity contribution >= 4 is 29.1 Å². The van der Waals surface area contributed by atoms with E-state index in [2.05, 4.69) is 4.98 Å². The maximum Gasteiger partial charge on any atom is 0.295 e. The lowest BCUT2D eigenvalue weighted by Gasteiger charge is -2.26. The number of carbonyl (C=O) groups is 2. The average Bonchev–Trinajstić information content (AvgIpc) is 3.51. The van der Waals surface area contributed by atoms with Crippen LogP contribution < -0.4 is 14.2 Å². The first-order valence-corrected chi connectivity index (χ1v) is 12.2. The number of methoxy groups -OCH3 is 2. The number of ketones is 1. The molecule has 0 unspecified atom stereocenters. The summed E-state index contributed by atoms with van der Waals surface area (Å²) in [5.41, 5.74) is 0.869. The van der Waals surface area contributed by atoms with Gasteiger partial charge >= 0.3 is 0 Å². The number of aromatic nitrogens is 2. The van der Waals surface area contributed by atoms with Gasteiger partial charge in [0.25, 0.3) is 11.7 Å². The van der Waals surface area contributed by atoms with E-state index < -0.39 is 17.7 Å². The lowest BCUT2D eigenvalue weighted by Crippen LogP contribution is -2.31. The molecule has 1 aliphatic heterocycles. The number of aryl methyl sites for hydroxylation is 1. The third-order valence-corrected chi connectivity index (χ3v) is 6.44. The highest BCUT2D eigenvalue weighted by Crippen LogP contribution is 2.42. The molecule has 37 heavy (non-hydrogen) atoms. The number of Topliss-reactive ketones (excluding diaryl/α,β-unsaturated/α-hetero) is 1. The van der Waals surface area contributed by atoms with E-state index in [0.717, 1.165) is 0 Å².